The first kappa shape index (κ1) is 24.5. The molecule has 8 heteroatoms. The minimum absolute atomic E-state index is 0.0594. The maximum absolute atomic E-state index is 15.3. The second kappa shape index (κ2) is 8.56. The molecule has 0 radical (unpaired) electrons. The van der Waals surface area contributed by atoms with Crippen LogP contribution >= 0.6 is 0 Å². The van der Waals surface area contributed by atoms with Crippen LogP contribution in [0.4, 0.5) is 4.39 Å². The Kier molecular flexibility index (Phi) is 6.17. The molecule has 2 unspecified atom stereocenters. The van der Waals surface area contributed by atoms with Crippen LogP contribution in [-0.4, -0.2) is 46.4 Å². The molecule has 2 fully saturated rings. The van der Waals surface area contributed by atoms with Gasteiger partial charge in [-0.3, -0.25) is 19.2 Å². The molecular formula is C26H31FO7. The Morgan fingerprint density at radius 1 is 1.24 bits per heavy atom. The van der Waals surface area contributed by atoms with E-state index in [1.807, 2.05) is 20.8 Å². The number of aliphatic hydroxyl groups excluding tert-OH is 1. The average molecular weight is 475 g/mol. The number of esters is 1. The van der Waals surface area contributed by atoms with Gasteiger partial charge >= 0.3 is 11.9 Å². The van der Waals surface area contributed by atoms with Crippen molar-refractivity contribution in [1.82, 2.24) is 0 Å². The number of Topliss-reactive ketones (excluding diaryl/α,β-unsaturated/α-hetero) is 1. The van der Waals surface area contributed by atoms with E-state index in [1.54, 1.807) is 6.08 Å². The lowest BCUT2D eigenvalue weighted by atomic mass is 9.48. The van der Waals surface area contributed by atoms with Gasteiger partial charge in [-0.1, -0.05) is 26.8 Å². The van der Waals surface area contributed by atoms with E-state index in [9.17, 15) is 24.3 Å². The summed E-state index contributed by atoms with van der Waals surface area (Å²) in [5, 5.41) is 20.0. The zero-order valence-corrected chi connectivity index (χ0v) is 19.6. The van der Waals surface area contributed by atoms with Gasteiger partial charge in [0, 0.05) is 22.8 Å². The van der Waals surface area contributed by atoms with Crippen molar-refractivity contribution in [3.8, 4) is 0 Å². The van der Waals surface area contributed by atoms with E-state index in [0.29, 0.717) is 18.4 Å². The summed E-state index contributed by atoms with van der Waals surface area (Å²) in [5.74, 6) is -4.09. The molecule has 4 aliphatic rings. The number of carboxylic acid groups (broad SMARTS) is 1. The van der Waals surface area contributed by atoms with Gasteiger partial charge in [0.25, 0.3) is 0 Å². The van der Waals surface area contributed by atoms with Crippen LogP contribution in [0.3, 0.4) is 0 Å². The van der Waals surface area contributed by atoms with Gasteiger partial charge in [0.15, 0.2) is 11.6 Å². The van der Waals surface area contributed by atoms with Gasteiger partial charge in [-0.15, -0.1) is 0 Å². The maximum atomic E-state index is 15.3. The lowest BCUT2D eigenvalue weighted by Gasteiger charge is -2.56. The van der Waals surface area contributed by atoms with Crippen molar-refractivity contribution in [2.24, 2.45) is 40.4 Å². The molecule has 0 amide bonds. The minimum Gasteiger partial charge on any atom is -0.481 e. The molecule has 0 heterocycles. The molecule has 2 N–H and O–H groups in total. The second-order valence-electron chi connectivity index (χ2n) is 10.8. The van der Waals surface area contributed by atoms with Crippen LogP contribution in [0.25, 0.3) is 0 Å². The molecule has 184 valence electrons. The molecule has 0 aromatic carbocycles. The second-order valence-corrected chi connectivity index (χ2v) is 10.8. The molecule has 0 bridgehead atoms. The van der Waals surface area contributed by atoms with Crippen LogP contribution in [0.15, 0.2) is 35.7 Å². The zero-order valence-electron chi connectivity index (χ0n) is 19.6. The monoisotopic (exact) mass is 474 g/mol. The number of hydrogen-bond acceptors (Lipinski definition) is 6. The molecule has 7 nitrogen and oxygen atoms in total. The van der Waals surface area contributed by atoms with Crippen molar-refractivity contribution in [2.45, 2.75) is 52.6 Å². The van der Waals surface area contributed by atoms with Crippen molar-refractivity contribution >= 4 is 23.5 Å². The smallest absolute Gasteiger partial charge is 0.306 e. The van der Waals surface area contributed by atoms with Gasteiger partial charge < -0.3 is 14.9 Å². The molecule has 4 aliphatic carbocycles. The number of aliphatic carboxylic acids is 1. The number of carbonyl (C=O) groups excluding carboxylic acids is 3. The van der Waals surface area contributed by atoms with Crippen LogP contribution < -0.4 is 0 Å². The van der Waals surface area contributed by atoms with Crippen LogP contribution in [0, 0.1) is 40.4 Å². The fraction of sp³-hybridized carbons (Fsp3) is 0.615. The Bertz CT molecular complexity index is 1030. The Balaban J connectivity index is 1.59. The summed E-state index contributed by atoms with van der Waals surface area (Å²) in [6, 6.07) is 0. The highest BCUT2D eigenvalue weighted by Gasteiger charge is 2.64. The summed E-state index contributed by atoms with van der Waals surface area (Å²) in [5.41, 5.74) is -1.13. The molecule has 34 heavy (non-hydrogen) atoms. The number of aliphatic hydroxyl groups is 1. The highest BCUT2D eigenvalue weighted by molar-refractivity contribution is 6.01. The zero-order chi connectivity index (χ0) is 25.0. The van der Waals surface area contributed by atoms with Gasteiger partial charge in [0.05, 0.1) is 18.9 Å². The van der Waals surface area contributed by atoms with Gasteiger partial charge in [0.2, 0.25) is 0 Å². The Morgan fingerprint density at radius 2 is 1.94 bits per heavy atom. The van der Waals surface area contributed by atoms with E-state index < -0.39 is 47.2 Å². The average Bonchev–Trinajstić information content (AvgIpc) is 3.01. The molecule has 4 rings (SSSR count). The number of fused-ring (bicyclic) bond motifs is 5. The first-order valence-electron chi connectivity index (χ1n) is 11.8. The SMILES string of the molecule is CC1C[C@H]2[C@@H]3C=C(F)C4=CC(=O)C=C[C@]4(C)[C@H]3C(O)C[C@]2(C)[C@H]1C(=O)COC(=O)CCC(=O)O. The molecule has 2 saturated carbocycles. The standard InChI is InChI=1S/C26H31FO7/c1-13-8-16-15-10-18(27)17-9-14(28)6-7-25(17,2)24(15)19(29)11-26(16,3)23(13)20(30)12-34-22(33)5-4-21(31)32/h6-7,9-10,13,15-16,19,23-24,29H,4-5,8,11-12H2,1-3H3,(H,31,32)/t13?,15-,16-,19?,23+,24+,25-,26-/m0/s1. The number of hydrogen-bond donors (Lipinski definition) is 2. The van der Waals surface area contributed by atoms with Gasteiger partial charge in [0.1, 0.15) is 12.4 Å². The molecule has 8 atom stereocenters. The molecule has 0 aromatic heterocycles. The van der Waals surface area contributed by atoms with Crippen LogP contribution in [0.2, 0.25) is 0 Å². The topological polar surface area (TPSA) is 118 Å². The predicted molar refractivity (Wildman–Crippen MR) is 119 cm³/mol. The van der Waals surface area contributed by atoms with E-state index >= 15 is 4.39 Å². The predicted octanol–water partition coefficient (Wildman–Crippen LogP) is 3.18. The van der Waals surface area contributed by atoms with E-state index in [1.165, 1.54) is 18.2 Å². The minimum atomic E-state index is -1.12. The van der Waals surface area contributed by atoms with Crippen LogP contribution in [0.5, 0.6) is 0 Å². The summed E-state index contributed by atoms with van der Waals surface area (Å²) in [7, 11) is 0. The Hall–Kier alpha value is -2.61. The number of ether oxygens (including phenoxy) is 1. The van der Waals surface area contributed by atoms with Crippen LogP contribution in [0.1, 0.15) is 46.5 Å². The van der Waals surface area contributed by atoms with Crippen molar-refractivity contribution < 1.29 is 38.5 Å². The summed E-state index contributed by atoms with van der Waals surface area (Å²) < 4.78 is 20.3. The summed E-state index contributed by atoms with van der Waals surface area (Å²) in [6.45, 7) is 5.32. The molecule has 0 spiro atoms. The van der Waals surface area contributed by atoms with Crippen molar-refractivity contribution in [3.63, 3.8) is 0 Å². The van der Waals surface area contributed by atoms with E-state index in [-0.39, 0.29) is 48.1 Å². The normalized spacial score (nSPS) is 40.4. The van der Waals surface area contributed by atoms with Gasteiger partial charge in [-0.2, -0.15) is 0 Å². The van der Waals surface area contributed by atoms with Crippen LogP contribution in [-0.2, 0) is 23.9 Å². The van der Waals surface area contributed by atoms with E-state index in [2.05, 4.69) is 0 Å². The Morgan fingerprint density at radius 3 is 2.62 bits per heavy atom. The quantitative estimate of drug-likeness (QED) is 0.568. The highest BCUT2D eigenvalue weighted by Crippen LogP contribution is 2.66. The lowest BCUT2D eigenvalue weighted by molar-refractivity contribution is -0.154. The number of halogens is 1. The van der Waals surface area contributed by atoms with Crippen molar-refractivity contribution in [1.29, 1.82) is 0 Å². The van der Waals surface area contributed by atoms with Crippen molar-refractivity contribution in [2.75, 3.05) is 6.61 Å². The highest BCUT2D eigenvalue weighted by atomic mass is 19.1. The molecular weight excluding hydrogens is 443 g/mol. The molecule has 0 aromatic rings. The van der Waals surface area contributed by atoms with Gasteiger partial charge in [-0.05, 0) is 54.2 Å². The van der Waals surface area contributed by atoms with Gasteiger partial charge in [-0.25, -0.2) is 4.39 Å². The van der Waals surface area contributed by atoms with E-state index in [0.717, 1.165) is 0 Å². The first-order valence-corrected chi connectivity index (χ1v) is 11.8. The first-order chi connectivity index (χ1) is 15.9. The third-order valence-corrected chi connectivity index (χ3v) is 8.71. The molecule has 0 aliphatic heterocycles. The Labute approximate surface area is 197 Å². The maximum Gasteiger partial charge on any atom is 0.306 e. The van der Waals surface area contributed by atoms with Crippen molar-refractivity contribution in [3.05, 3.63) is 35.7 Å². The summed E-state index contributed by atoms with van der Waals surface area (Å²) in [6.07, 6.45) is 5.49. The fourth-order valence-electron chi connectivity index (χ4n) is 7.44. The third-order valence-electron chi connectivity index (χ3n) is 8.71. The third kappa shape index (κ3) is 3.85. The lowest BCUT2D eigenvalue weighted by Crippen LogP contribution is -2.55. The number of allylic oxidation sites excluding steroid dienone is 6. The summed E-state index contributed by atoms with van der Waals surface area (Å²) in [4.78, 5) is 47.5. The molecule has 0 saturated heterocycles. The largest absolute Gasteiger partial charge is 0.481 e. The number of carbonyl (C=O) groups is 4. The number of rotatable bonds is 6. The summed E-state index contributed by atoms with van der Waals surface area (Å²) >= 11 is 0. The van der Waals surface area contributed by atoms with E-state index in [4.69, 9.17) is 9.84 Å². The fourth-order valence-corrected chi connectivity index (χ4v) is 7.44. The number of carboxylic acids is 1. The number of ketones is 2.